The van der Waals surface area contributed by atoms with E-state index in [9.17, 15) is 13.2 Å². The van der Waals surface area contributed by atoms with Gasteiger partial charge < -0.3 is 9.88 Å². The third-order valence-corrected chi connectivity index (χ3v) is 5.38. The number of H-pyrrole nitrogens is 1. The van der Waals surface area contributed by atoms with Gasteiger partial charge in [0.15, 0.2) is 0 Å². The number of benzene rings is 1. The molecule has 124 valence electrons. The molecule has 23 heavy (non-hydrogen) atoms. The molecule has 0 aliphatic carbocycles. The van der Waals surface area contributed by atoms with Crippen molar-refractivity contribution in [2.75, 3.05) is 32.4 Å². The first-order chi connectivity index (χ1) is 10.8. The van der Waals surface area contributed by atoms with Crippen LogP contribution < -0.4 is 0 Å². The van der Waals surface area contributed by atoms with Gasteiger partial charge in [-0.3, -0.25) is 4.79 Å². The molecule has 1 aliphatic heterocycles. The van der Waals surface area contributed by atoms with Crippen molar-refractivity contribution in [1.82, 2.24) is 19.2 Å². The predicted octanol–water partition coefficient (Wildman–Crippen LogP) is 0.518. The molecule has 0 atom stereocenters. The van der Waals surface area contributed by atoms with Gasteiger partial charge in [-0.25, -0.2) is 13.4 Å². The van der Waals surface area contributed by atoms with Crippen LogP contribution in [-0.2, 0) is 21.2 Å². The fourth-order valence-corrected chi connectivity index (χ4v) is 3.68. The van der Waals surface area contributed by atoms with E-state index >= 15 is 0 Å². The highest BCUT2D eigenvalue weighted by Gasteiger charge is 2.25. The maximum atomic E-state index is 12.4. The topological polar surface area (TPSA) is 86.4 Å². The predicted molar refractivity (Wildman–Crippen MR) is 87.5 cm³/mol. The van der Waals surface area contributed by atoms with E-state index in [1.165, 1.54) is 10.6 Å². The van der Waals surface area contributed by atoms with Gasteiger partial charge in [0, 0.05) is 26.2 Å². The van der Waals surface area contributed by atoms with E-state index < -0.39 is 10.0 Å². The standard InChI is InChI=1S/C15H20N4O3S/c1-11-16-13-4-3-12(9-14(13)17-11)10-15(20)18-5-7-19(8-6-18)23(2,21)22/h3-4,9H,5-8,10H2,1-2H3,(H,16,17). The normalized spacial score (nSPS) is 16.9. The molecule has 0 bridgehead atoms. The van der Waals surface area contributed by atoms with Crippen LogP contribution in [0.15, 0.2) is 18.2 Å². The van der Waals surface area contributed by atoms with E-state index in [4.69, 9.17) is 0 Å². The molecular weight excluding hydrogens is 316 g/mol. The van der Waals surface area contributed by atoms with Crippen molar-refractivity contribution < 1.29 is 13.2 Å². The number of nitrogens with one attached hydrogen (secondary N) is 1. The Labute approximate surface area is 135 Å². The van der Waals surface area contributed by atoms with Crippen molar-refractivity contribution >= 4 is 27.0 Å². The lowest BCUT2D eigenvalue weighted by Crippen LogP contribution is -2.50. The number of imidazole rings is 1. The van der Waals surface area contributed by atoms with Gasteiger partial charge in [-0.2, -0.15) is 4.31 Å². The Morgan fingerprint density at radius 3 is 2.61 bits per heavy atom. The molecule has 2 aromatic rings. The summed E-state index contributed by atoms with van der Waals surface area (Å²) in [5.74, 6) is 0.870. The number of amides is 1. The number of piperazine rings is 1. The summed E-state index contributed by atoms with van der Waals surface area (Å²) in [7, 11) is -3.17. The van der Waals surface area contributed by atoms with Crippen LogP contribution in [0.2, 0.25) is 0 Å². The largest absolute Gasteiger partial charge is 0.342 e. The Kier molecular flexibility index (Phi) is 4.11. The number of rotatable bonds is 3. The number of aromatic amines is 1. The molecule has 1 amide bonds. The highest BCUT2D eigenvalue weighted by Crippen LogP contribution is 2.15. The highest BCUT2D eigenvalue weighted by molar-refractivity contribution is 7.88. The van der Waals surface area contributed by atoms with Crippen molar-refractivity contribution in [1.29, 1.82) is 0 Å². The lowest BCUT2D eigenvalue weighted by Gasteiger charge is -2.33. The molecule has 2 heterocycles. The second-order valence-electron chi connectivity index (χ2n) is 5.89. The van der Waals surface area contributed by atoms with Gasteiger partial charge in [-0.05, 0) is 24.6 Å². The molecule has 0 radical (unpaired) electrons. The van der Waals surface area contributed by atoms with E-state index in [0.717, 1.165) is 22.4 Å². The van der Waals surface area contributed by atoms with E-state index in [1.54, 1.807) is 4.90 Å². The molecule has 1 aromatic carbocycles. The second kappa shape index (κ2) is 5.93. The van der Waals surface area contributed by atoms with E-state index in [2.05, 4.69) is 9.97 Å². The van der Waals surface area contributed by atoms with Gasteiger partial charge in [0.25, 0.3) is 0 Å². The Bertz CT molecular complexity index is 836. The van der Waals surface area contributed by atoms with Crippen LogP contribution in [0.3, 0.4) is 0 Å². The number of carbonyl (C=O) groups excluding carboxylic acids is 1. The van der Waals surface area contributed by atoms with Crippen molar-refractivity contribution in [3.8, 4) is 0 Å². The Morgan fingerprint density at radius 1 is 1.26 bits per heavy atom. The molecule has 7 nitrogen and oxygen atoms in total. The van der Waals surface area contributed by atoms with Crippen LogP contribution >= 0.6 is 0 Å². The first-order valence-corrected chi connectivity index (χ1v) is 9.36. The average Bonchev–Trinajstić information content (AvgIpc) is 2.86. The van der Waals surface area contributed by atoms with Gasteiger partial charge in [-0.1, -0.05) is 6.07 Å². The van der Waals surface area contributed by atoms with E-state index in [0.29, 0.717) is 32.6 Å². The smallest absolute Gasteiger partial charge is 0.227 e. The monoisotopic (exact) mass is 336 g/mol. The van der Waals surface area contributed by atoms with Gasteiger partial charge in [0.1, 0.15) is 5.82 Å². The van der Waals surface area contributed by atoms with Crippen LogP contribution in [-0.4, -0.2) is 65.9 Å². The molecule has 3 rings (SSSR count). The summed E-state index contributed by atoms with van der Waals surface area (Å²) in [5, 5.41) is 0. The minimum absolute atomic E-state index is 0.0220. The van der Waals surface area contributed by atoms with Crippen molar-refractivity contribution in [2.45, 2.75) is 13.3 Å². The average molecular weight is 336 g/mol. The van der Waals surface area contributed by atoms with Crippen LogP contribution in [0.1, 0.15) is 11.4 Å². The van der Waals surface area contributed by atoms with Crippen LogP contribution in [0, 0.1) is 6.92 Å². The lowest BCUT2D eigenvalue weighted by atomic mass is 10.1. The molecule has 1 aliphatic rings. The molecule has 1 N–H and O–H groups in total. The molecule has 1 fully saturated rings. The highest BCUT2D eigenvalue weighted by atomic mass is 32.2. The number of aryl methyl sites for hydroxylation is 1. The Hall–Kier alpha value is -1.93. The van der Waals surface area contributed by atoms with Crippen LogP contribution in [0.25, 0.3) is 11.0 Å². The first-order valence-electron chi connectivity index (χ1n) is 7.51. The Balaban J connectivity index is 1.64. The summed E-state index contributed by atoms with van der Waals surface area (Å²) >= 11 is 0. The molecule has 8 heteroatoms. The van der Waals surface area contributed by atoms with E-state index in [-0.39, 0.29) is 5.91 Å². The van der Waals surface area contributed by atoms with Crippen molar-refractivity contribution in [2.24, 2.45) is 0 Å². The number of carbonyl (C=O) groups is 1. The zero-order valence-corrected chi connectivity index (χ0v) is 14.1. The fourth-order valence-electron chi connectivity index (χ4n) is 2.85. The van der Waals surface area contributed by atoms with Crippen LogP contribution in [0.5, 0.6) is 0 Å². The number of hydrogen-bond donors (Lipinski definition) is 1. The van der Waals surface area contributed by atoms with Gasteiger partial charge >= 0.3 is 0 Å². The minimum Gasteiger partial charge on any atom is -0.342 e. The third kappa shape index (κ3) is 3.53. The maximum Gasteiger partial charge on any atom is 0.227 e. The summed E-state index contributed by atoms with van der Waals surface area (Å²) in [6.07, 6.45) is 1.51. The number of nitrogens with zero attached hydrogens (tertiary/aromatic N) is 3. The van der Waals surface area contributed by atoms with Crippen molar-refractivity contribution in [3.63, 3.8) is 0 Å². The third-order valence-electron chi connectivity index (χ3n) is 4.08. The minimum atomic E-state index is -3.17. The molecule has 1 aromatic heterocycles. The van der Waals surface area contributed by atoms with Gasteiger partial charge in [-0.15, -0.1) is 0 Å². The first kappa shape index (κ1) is 15.9. The molecule has 0 saturated carbocycles. The zero-order valence-electron chi connectivity index (χ0n) is 13.2. The fraction of sp³-hybridized carbons (Fsp3) is 0.467. The van der Waals surface area contributed by atoms with Gasteiger partial charge in [0.05, 0.1) is 23.7 Å². The van der Waals surface area contributed by atoms with Crippen LogP contribution in [0.4, 0.5) is 0 Å². The summed E-state index contributed by atoms with van der Waals surface area (Å²) in [6.45, 7) is 3.51. The number of hydrogen-bond acceptors (Lipinski definition) is 4. The van der Waals surface area contributed by atoms with Crippen molar-refractivity contribution in [3.05, 3.63) is 29.6 Å². The zero-order chi connectivity index (χ0) is 16.6. The lowest BCUT2D eigenvalue weighted by molar-refractivity contribution is -0.131. The maximum absolute atomic E-state index is 12.4. The molecule has 1 saturated heterocycles. The number of fused-ring (bicyclic) bond motifs is 1. The summed E-state index contributed by atoms with van der Waals surface area (Å²) in [4.78, 5) is 21.6. The second-order valence-corrected chi connectivity index (χ2v) is 7.88. The molecule has 0 spiro atoms. The summed E-state index contributed by atoms with van der Waals surface area (Å²) in [5.41, 5.74) is 2.74. The van der Waals surface area contributed by atoms with Gasteiger partial charge in [0.2, 0.25) is 15.9 Å². The SMILES string of the molecule is Cc1nc2ccc(CC(=O)N3CCN(S(C)(=O)=O)CC3)cc2[nH]1. The molecular formula is C15H20N4O3S. The number of sulfonamides is 1. The van der Waals surface area contributed by atoms with E-state index in [1.807, 2.05) is 25.1 Å². The number of aromatic nitrogens is 2. The quantitative estimate of drug-likeness (QED) is 0.885. The Morgan fingerprint density at radius 2 is 1.96 bits per heavy atom. The summed E-state index contributed by atoms with van der Waals surface area (Å²) in [6, 6.07) is 5.76. The summed E-state index contributed by atoms with van der Waals surface area (Å²) < 4.78 is 24.4. The molecule has 0 unspecified atom stereocenters.